The largest absolute Gasteiger partial charge is 0.390 e. The minimum atomic E-state index is -0.420. The van der Waals surface area contributed by atoms with Gasteiger partial charge in [0.2, 0.25) is 0 Å². The van der Waals surface area contributed by atoms with Gasteiger partial charge in [0, 0.05) is 6.58 Å². The molecule has 0 saturated carbocycles. The zero-order valence-electron chi connectivity index (χ0n) is 8.99. The number of aliphatic hydroxyl groups is 1. The van der Waals surface area contributed by atoms with Gasteiger partial charge in [-0.3, -0.25) is 0 Å². The number of ether oxygens (including phenoxy) is 1. The molecule has 0 spiro atoms. The average Bonchev–Trinajstić information content (AvgIpc) is 2.41. The second-order valence-electron chi connectivity index (χ2n) is 3.69. The van der Waals surface area contributed by atoms with Gasteiger partial charge in [0.25, 0.3) is 0 Å². The van der Waals surface area contributed by atoms with E-state index in [1.165, 1.54) is 0 Å². The molecule has 0 aromatic carbocycles. The Morgan fingerprint density at radius 2 is 2.50 bits per heavy atom. The fraction of sp³-hybridized carbons (Fsp3) is 1.00. The summed E-state index contributed by atoms with van der Waals surface area (Å²) in [5.74, 6) is 0.328. The third-order valence-corrected chi connectivity index (χ3v) is 2.51. The van der Waals surface area contributed by atoms with E-state index < -0.39 is 6.58 Å². The molecule has 0 radical (unpaired) electrons. The van der Waals surface area contributed by atoms with Gasteiger partial charge in [-0.2, -0.15) is 0 Å². The second kappa shape index (κ2) is 4.83. The number of hydrogen-bond donors (Lipinski definition) is 1. The maximum absolute atomic E-state index is 9.76. The second-order valence-corrected chi connectivity index (χ2v) is 3.69. The zero-order chi connectivity index (χ0) is 9.84. The van der Waals surface area contributed by atoms with Crippen molar-refractivity contribution in [3.8, 4) is 0 Å². The van der Waals surface area contributed by atoms with Crippen molar-refractivity contribution in [3.05, 3.63) is 0 Å². The van der Waals surface area contributed by atoms with Gasteiger partial charge in [-0.25, -0.2) is 0 Å². The summed E-state index contributed by atoms with van der Waals surface area (Å²) in [7, 11) is 0. The Kier molecular flexibility index (Phi) is 3.43. The van der Waals surface area contributed by atoms with Crippen LogP contribution in [0.1, 0.15) is 40.9 Å². The van der Waals surface area contributed by atoms with Gasteiger partial charge in [0.1, 0.15) is 0 Å². The smallest absolute Gasteiger partial charge is 0.0860 e. The lowest BCUT2D eigenvalue weighted by molar-refractivity contribution is -0.0208. The van der Waals surface area contributed by atoms with E-state index in [-0.39, 0.29) is 12.2 Å². The molecule has 1 aliphatic heterocycles. The van der Waals surface area contributed by atoms with Crippen molar-refractivity contribution in [3.63, 3.8) is 0 Å². The average molecular weight is 174 g/mol. The Bertz CT molecular complexity index is 152. The number of aliphatic hydroxyl groups excluding tert-OH is 1. The summed E-state index contributed by atoms with van der Waals surface area (Å²) < 4.78 is 12.8. The van der Waals surface area contributed by atoms with Crippen molar-refractivity contribution in [2.75, 3.05) is 6.58 Å². The van der Waals surface area contributed by atoms with Crippen molar-refractivity contribution in [2.45, 2.75) is 51.7 Å². The summed E-state index contributed by atoms with van der Waals surface area (Å²) in [6.07, 6.45) is 3.23. The van der Waals surface area contributed by atoms with Crippen LogP contribution in [0.4, 0.5) is 0 Å². The van der Waals surface area contributed by atoms with Crippen molar-refractivity contribution >= 4 is 0 Å². The molecule has 0 unspecified atom stereocenters. The Morgan fingerprint density at radius 3 is 3.00 bits per heavy atom. The molecule has 0 bridgehead atoms. The molecule has 1 heterocycles. The lowest BCUT2D eigenvalue weighted by Crippen LogP contribution is -2.29. The fourth-order valence-electron chi connectivity index (χ4n) is 1.63. The maximum Gasteiger partial charge on any atom is 0.0860 e. The number of unbranched alkanes of at least 4 members (excludes halogenated alkanes) is 1. The van der Waals surface area contributed by atoms with E-state index in [2.05, 4.69) is 6.92 Å². The first-order valence-electron chi connectivity index (χ1n) is 5.48. The Labute approximate surface area is 76.3 Å². The third kappa shape index (κ3) is 2.46. The van der Waals surface area contributed by atoms with Gasteiger partial charge in [-0.15, -0.1) is 0 Å². The van der Waals surface area contributed by atoms with Gasteiger partial charge in [0.05, 0.1) is 13.6 Å². The predicted molar refractivity (Wildman–Crippen MR) is 49.1 cm³/mol. The molecule has 1 saturated heterocycles. The van der Waals surface area contributed by atoms with Crippen LogP contribution in [-0.2, 0) is 4.74 Å². The summed E-state index contributed by atoms with van der Waals surface area (Å²) in [6, 6.07) is 0. The molecule has 2 heteroatoms. The Balaban J connectivity index is 2.33. The minimum absolute atomic E-state index is 0.103. The molecule has 12 heavy (non-hydrogen) atoms. The first-order valence-corrected chi connectivity index (χ1v) is 4.91. The summed E-state index contributed by atoms with van der Waals surface area (Å²) in [5, 5.41) is 9.76. The van der Waals surface area contributed by atoms with Crippen molar-refractivity contribution in [1.29, 1.82) is 0 Å². The van der Waals surface area contributed by atoms with Gasteiger partial charge in [-0.05, 0) is 18.8 Å². The van der Waals surface area contributed by atoms with Gasteiger partial charge >= 0.3 is 0 Å². The van der Waals surface area contributed by atoms with Gasteiger partial charge < -0.3 is 9.84 Å². The Morgan fingerprint density at radius 1 is 1.75 bits per heavy atom. The third-order valence-electron chi connectivity index (χ3n) is 2.51. The molecular weight excluding hydrogens is 152 g/mol. The molecular formula is C10H20O2. The predicted octanol–water partition coefficient (Wildman–Crippen LogP) is 1.96. The first kappa shape index (κ1) is 8.52. The molecule has 1 aliphatic rings. The van der Waals surface area contributed by atoms with E-state index in [0.717, 1.165) is 25.7 Å². The lowest BCUT2D eigenvalue weighted by atomic mass is 9.96. The van der Waals surface area contributed by atoms with Crippen molar-refractivity contribution in [1.82, 2.24) is 0 Å². The molecule has 0 aromatic rings. The molecule has 1 rings (SSSR count). The molecule has 72 valence electrons. The summed E-state index contributed by atoms with van der Waals surface area (Å²) in [4.78, 5) is 0. The number of hydrogen-bond acceptors (Lipinski definition) is 2. The van der Waals surface area contributed by atoms with E-state index in [9.17, 15) is 5.11 Å². The SMILES string of the molecule is [3H][C@@H]1C[C@H](C)[C@@H]([C@@H](O)CCCC)O1. The van der Waals surface area contributed by atoms with Crippen molar-refractivity contribution < 1.29 is 11.2 Å². The van der Waals surface area contributed by atoms with Crippen LogP contribution in [0.15, 0.2) is 0 Å². The van der Waals surface area contributed by atoms with E-state index in [1.807, 2.05) is 6.92 Å². The van der Waals surface area contributed by atoms with Crippen LogP contribution in [0.3, 0.4) is 0 Å². The highest BCUT2D eigenvalue weighted by Crippen LogP contribution is 2.24. The molecule has 0 amide bonds. The van der Waals surface area contributed by atoms with Crippen LogP contribution in [-0.4, -0.2) is 23.9 Å². The molecule has 0 aromatic heterocycles. The summed E-state index contributed by atoms with van der Waals surface area (Å²) in [5.41, 5.74) is 0. The van der Waals surface area contributed by atoms with Crippen LogP contribution in [0.25, 0.3) is 0 Å². The van der Waals surface area contributed by atoms with E-state index in [4.69, 9.17) is 6.11 Å². The van der Waals surface area contributed by atoms with Crippen LogP contribution in [0, 0.1) is 5.92 Å². The highest BCUT2D eigenvalue weighted by atomic mass is 16.5. The maximum atomic E-state index is 9.76. The van der Waals surface area contributed by atoms with Crippen LogP contribution in [0.2, 0.25) is 0 Å². The summed E-state index contributed by atoms with van der Waals surface area (Å²) in [6.45, 7) is 3.74. The van der Waals surface area contributed by atoms with Gasteiger partial charge in [-0.1, -0.05) is 26.7 Å². The highest BCUT2D eigenvalue weighted by Gasteiger charge is 2.30. The molecule has 0 aliphatic carbocycles. The van der Waals surface area contributed by atoms with Crippen LogP contribution >= 0.6 is 0 Å². The first-order chi connectivity index (χ1) is 6.15. The minimum Gasteiger partial charge on any atom is -0.390 e. The normalized spacial score (nSPS) is 39.6. The van der Waals surface area contributed by atoms with Crippen LogP contribution < -0.4 is 0 Å². The monoisotopic (exact) mass is 174 g/mol. The topological polar surface area (TPSA) is 29.5 Å². The Hall–Kier alpha value is -0.0800. The summed E-state index contributed by atoms with van der Waals surface area (Å²) >= 11 is 0. The molecule has 4 atom stereocenters. The van der Waals surface area contributed by atoms with Crippen molar-refractivity contribution in [2.24, 2.45) is 5.92 Å². The zero-order valence-corrected chi connectivity index (χ0v) is 7.99. The highest BCUT2D eigenvalue weighted by molar-refractivity contribution is 4.79. The molecule has 2 nitrogen and oxygen atoms in total. The number of rotatable bonds is 4. The van der Waals surface area contributed by atoms with Gasteiger partial charge in [0.15, 0.2) is 0 Å². The molecule has 1 N–H and O–H groups in total. The quantitative estimate of drug-likeness (QED) is 0.706. The molecule has 1 fully saturated rings. The van der Waals surface area contributed by atoms with E-state index in [1.54, 1.807) is 0 Å². The standard InChI is InChI=1S/C10H20O2/c1-3-4-5-9(11)10-8(2)6-7-12-10/h8-11H,3-7H2,1-2H3/t8-,9-,10-/m0/s1/i7T/t7-,8+,9+,10+/m1. The van der Waals surface area contributed by atoms with E-state index in [0.29, 0.717) is 5.92 Å². The van der Waals surface area contributed by atoms with Crippen LogP contribution in [0.5, 0.6) is 0 Å². The fourth-order valence-corrected chi connectivity index (χ4v) is 1.63. The van der Waals surface area contributed by atoms with E-state index >= 15 is 0 Å². The lowest BCUT2D eigenvalue weighted by Gasteiger charge is -2.20.